The molecule has 3 aliphatic heterocycles. The molecule has 46 heavy (non-hydrogen) atoms. The van der Waals surface area contributed by atoms with Crippen LogP contribution in [-0.4, -0.2) is 80.2 Å². The summed E-state index contributed by atoms with van der Waals surface area (Å²) in [5, 5.41) is 1.000. The molecule has 1 saturated carbocycles. The van der Waals surface area contributed by atoms with E-state index in [9.17, 15) is 18.0 Å². The van der Waals surface area contributed by atoms with Crippen molar-refractivity contribution < 1.29 is 32.2 Å². The molecule has 244 valence electrons. The number of morpholine rings is 1. The molecular formula is C34H40N4O7S. The lowest BCUT2D eigenvalue weighted by Gasteiger charge is -2.35. The van der Waals surface area contributed by atoms with E-state index in [0.717, 1.165) is 57.7 Å². The zero-order valence-electron chi connectivity index (χ0n) is 26.7. The van der Waals surface area contributed by atoms with Crippen LogP contribution >= 0.6 is 0 Å². The number of carbonyl (C=O) groups excluding carboxylic acids is 2. The van der Waals surface area contributed by atoms with E-state index in [4.69, 9.17) is 14.2 Å². The summed E-state index contributed by atoms with van der Waals surface area (Å²) in [5.41, 5.74) is 5.60. The smallest absolute Gasteiger partial charge is 0.303 e. The van der Waals surface area contributed by atoms with Crippen molar-refractivity contribution in [3.63, 3.8) is 0 Å². The molecule has 1 aromatic heterocycles. The van der Waals surface area contributed by atoms with Gasteiger partial charge >= 0.3 is 10.2 Å². The minimum absolute atomic E-state index is 0.0643. The van der Waals surface area contributed by atoms with Crippen molar-refractivity contribution in [3.8, 4) is 22.8 Å². The number of rotatable bonds is 5. The maximum atomic E-state index is 14.3. The molecule has 4 heterocycles. The van der Waals surface area contributed by atoms with Crippen molar-refractivity contribution in [1.29, 1.82) is 0 Å². The lowest BCUT2D eigenvalue weighted by Crippen LogP contribution is -2.48. The maximum Gasteiger partial charge on any atom is 0.303 e. The van der Waals surface area contributed by atoms with Gasteiger partial charge in [-0.25, -0.2) is 4.72 Å². The van der Waals surface area contributed by atoms with Crippen LogP contribution < -0.4 is 14.2 Å². The number of nitrogens with one attached hydrogen (secondary N) is 1. The summed E-state index contributed by atoms with van der Waals surface area (Å²) in [6.07, 6.45) is 7.33. The average Bonchev–Trinajstić information content (AvgIpc) is 3.56. The van der Waals surface area contributed by atoms with Gasteiger partial charge in [0.15, 0.2) is 11.5 Å². The van der Waals surface area contributed by atoms with E-state index >= 15 is 0 Å². The van der Waals surface area contributed by atoms with E-state index in [0.29, 0.717) is 30.2 Å². The fourth-order valence-corrected chi connectivity index (χ4v) is 7.94. The van der Waals surface area contributed by atoms with E-state index < -0.39 is 16.1 Å². The number of fused-ring (bicyclic) bond motifs is 6. The molecule has 2 amide bonds. The third kappa shape index (κ3) is 5.46. The van der Waals surface area contributed by atoms with Gasteiger partial charge in [-0.2, -0.15) is 12.7 Å². The molecule has 4 aliphatic rings. The normalized spacial score (nSPS) is 21.5. The first-order valence-corrected chi connectivity index (χ1v) is 17.4. The molecule has 2 fully saturated rings. The van der Waals surface area contributed by atoms with Crippen LogP contribution in [0, 0.1) is 0 Å². The van der Waals surface area contributed by atoms with Gasteiger partial charge in [0.2, 0.25) is 6.79 Å². The Morgan fingerprint density at radius 1 is 0.957 bits per heavy atom. The van der Waals surface area contributed by atoms with Crippen molar-refractivity contribution in [1.82, 2.24) is 18.5 Å². The molecule has 3 aromatic rings. The summed E-state index contributed by atoms with van der Waals surface area (Å²) in [6.45, 7) is 5.34. The molecular weight excluding hydrogens is 608 g/mol. The van der Waals surface area contributed by atoms with Crippen LogP contribution in [-0.2, 0) is 26.3 Å². The number of hydrogen-bond donors (Lipinski definition) is 1. The van der Waals surface area contributed by atoms with E-state index in [-0.39, 0.29) is 42.9 Å². The summed E-state index contributed by atoms with van der Waals surface area (Å²) in [6, 6.07) is 9.34. The minimum Gasteiger partial charge on any atom is -0.454 e. The number of ether oxygens (including phenoxy) is 3. The molecule has 0 radical (unpaired) electrons. The molecule has 0 bridgehead atoms. The largest absolute Gasteiger partial charge is 0.454 e. The zero-order valence-corrected chi connectivity index (χ0v) is 27.5. The van der Waals surface area contributed by atoms with E-state index in [1.807, 2.05) is 43.0 Å². The van der Waals surface area contributed by atoms with Crippen LogP contribution in [0.25, 0.3) is 28.2 Å². The molecule has 2 aromatic carbocycles. The predicted molar refractivity (Wildman–Crippen MR) is 174 cm³/mol. The average molecular weight is 649 g/mol. The van der Waals surface area contributed by atoms with Gasteiger partial charge in [0.05, 0.1) is 24.4 Å². The quantitative estimate of drug-likeness (QED) is 0.428. The second-order valence-electron chi connectivity index (χ2n) is 13.1. The Hall–Kier alpha value is -3.87. The molecule has 0 spiro atoms. The lowest BCUT2D eigenvalue weighted by molar-refractivity contribution is -0.139. The van der Waals surface area contributed by atoms with Crippen molar-refractivity contribution in [2.45, 2.75) is 70.6 Å². The van der Waals surface area contributed by atoms with Crippen LogP contribution in [0.4, 0.5) is 0 Å². The minimum atomic E-state index is -3.99. The standard InChI is InChI=1S/C34H40N4O7S/c1-20-16-37(17-21(2)45-20)34(40)25-12-24-14-29-30(44-19-43-29)15-27(24)32-31(22-8-6-5-7-9-22)26-11-10-23(13-28(26)38(32)18-25)33(39)35-46(41,42)36(3)4/h10-15,20-22H,5-9,16-19H2,1-4H3,(H,35,39)/t20-,21+. The number of nitrogens with zero attached hydrogens (tertiary/aromatic N) is 3. The van der Waals surface area contributed by atoms with Gasteiger partial charge in [-0.3, -0.25) is 9.59 Å². The van der Waals surface area contributed by atoms with Crippen LogP contribution in [0.1, 0.15) is 73.4 Å². The highest BCUT2D eigenvalue weighted by molar-refractivity contribution is 7.87. The summed E-state index contributed by atoms with van der Waals surface area (Å²) >= 11 is 0. The van der Waals surface area contributed by atoms with Gasteiger partial charge in [0.1, 0.15) is 0 Å². The zero-order chi connectivity index (χ0) is 32.3. The van der Waals surface area contributed by atoms with Crippen LogP contribution in [0.2, 0.25) is 0 Å². The third-order valence-corrected chi connectivity index (χ3v) is 10.9. The molecule has 7 rings (SSSR count). The van der Waals surface area contributed by atoms with Gasteiger partial charge in [-0.1, -0.05) is 25.3 Å². The number of amides is 2. The number of aromatic nitrogens is 1. The highest BCUT2D eigenvalue weighted by Crippen LogP contribution is 2.49. The molecule has 12 heteroatoms. The van der Waals surface area contributed by atoms with Crippen LogP contribution in [0.5, 0.6) is 11.5 Å². The molecule has 1 aliphatic carbocycles. The number of hydrogen-bond acceptors (Lipinski definition) is 7. The van der Waals surface area contributed by atoms with E-state index in [1.165, 1.54) is 26.1 Å². The monoisotopic (exact) mass is 648 g/mol. The Kier molecular flexibility index (Phi) is 7.85. The van der Waals surface area contributed by atoms with E-state index in [2.05, 4.69) is 9.29 Å². The second kappa shape index (κ2) is 11.7. The van der Waals surface area contributed by atoms with Crippen molar-refractivity contribution in [2.75, 3.05) is 34.0 Å². The van der Waals surface area contributed by atoms with Gasteiger partial charge in [0, 0.05) is 54.8 Å². The molecule has 1 saturated heterocycles. The number of carbonyl (C=O) groups is 2. The Morgan fingerprint density at radius 2 is 1.65 bits per heavy atom. The fraction of sp³-hybridized carbons (Fsp3) is 0.471. The fourth-order valence-electron chi connectivity index (χ4n) is 7.41. The van der Waals surface area contributed by atoms with Crippen LogP contribution in [0.15, 0.2) is 35.9 Å². The van der Waals surface area contributed by atoms with E-state index in [1.54, 1.807) is 12.1 Å². The topological polar surface area (TPSA) is 119 Å². The summed E-state index contributed by atoms with van der Waals surface area (Å²) < 4.78 is 47.8. The molecule has 11 nitrogen and oxygen atoms in total. The Labute approximate surface area is 269 Å². The summed E-state index contributed by atoms with van der Waals surface area (Å²) in [7, 11) is -1.26. The Bertz CT molecular complexity index is 1860. The first-order valence-electron chi connectivity index (χ1n) is 16.0. The third-order valence-electron chi connectivity index (χ3n) is 9.52. The molecule has 1 N–H and O–H groups in total. The summed E-state index contributed by atoms with van der Waals surface area (Å²) in [5.74, 6) is 0.799. The van der Waals surface area contributed by atoms with Gasteiger partial charge < -0.3 is 23.7 Å². The highest BCUT2D eigenvalue weighted by atomic mass is 32.2. The van der Waals surface area contributed by atoms with Gasteiger partial charge in [-0.15, -0.1) is 0 Å². The van der Waals surface area contributed by atoms with Crippen LogP contribution in [0.3, 0.4) is 0 Å². The molecule has 2 atom stereocenters. The summed E-state index contributed by atoms with van der Waals surface area (Å²) in [4.78, 5) is 29.4. The Morgan fingerprint density at radius 3 is 2.35 bits per heavy atom. The Balaban J connectivity index is 1.43. The van der Waals surface area contributed by atoms with Gasteiger partial charge in [-0.05, 0) is 74.1 Å². The molecule has 0 unspecified atom stereocenters. The SMILES string of the molecule is C[C@@H]1CN(C(=O)C2=Cc3cc4c(cc3-c3c(C5CCCCC5)c5ccc(C(=O)NS(=O)(=O)N(C)C)cc5n3C2)OCO4)C[C@H](C)O1. The van der Waals surface area contributed by atoms with Gasteiger partial charge in [0.25, 0.3) is 11.8 Å². The van der Waals surface area contributed by atoms with Crippen molar-refractivity contribution in [3.05, 3.63) is 52.6 Å². The maximum absolute atomic E-state index is 14.3. The first-order chi connectivity index (χ1) is 22.0. The van der Waals surface area contributed by atoms with Crippen molar-refractivity contribution in [2.24, 2.45) is 0 Å². The number of benzene rings is 2. The highest BCUT2D eigenvalue weighted by Gasteiger charge is 2.34. The predicted octanol–water partition coefficient (Wildman–Crippen LogP) is 4.65. The van der Waals surface area contributed by atoms with Crippen molar-refractivity contribution >= 4 is 39.0 Å². The second-order valence-corrected chi connectivity index (χ2v) is 14.9. The lowest BCUT2D eigenvalue weighted by atomic mass is 9.81. The first kappa shape index (κ1) is 30.8.